The van der Waals surface area contributed by atoms with Crippen LogP contribution in [0, 0.1) is 6.92 Å². The minimum atomic E-state index is -0.623. The molecule has 2 rings (SSSR count). The Morgan fingerprint density at radius 2 is 2.05 bits per heavy atom. The number of primary amides is 1. The molecular formula is C15H14BrClN2O. The SMILES string of the molecule is Cc1cccc(NC(C(N)=O)c2ccc(Br)c(Cl)c2)c1. The molecule has 0 aliphatic rings. The first-order chi connectivity index (χ1) is 9.47. The van der Waals surface area contributed by atoms with Crippen molar-refractivity contribution in [2.45, 2.75) is 13.0 Å². The Hall–Kier alpha value is -1.52. The maximum absolute atomic E-state index is 11.7. The first-order valence-electron chi connectivity index (χ1n) is 6.05. The van der Waals surface area contributed by atoms with E-state index in [0.29, 0.717) is 5.02 Å². The smallest absolute Gasteiger partial charge is 0.244 e. The zero-order chi connectivity index (χ0) is 14.7. The standard InChI is InChI=1S/C15H14BrClN2O/c1-9-3-2-4-11(7-9)19-14(15(18)20)10-5-6-12(16)13(17)8-10/h2-8,14,19H,1H3,(H2,18,20). The fourth-order valence-electron chi connectivity index (χ4n) is 1.91. The van der Waals surface area contributed by atoms with Gasteiger partial charge in [0.1, 0.15) is 6.04 Å². The van der Waals surface area contributed by atoms with E-state index in [1.54, 1.807) is 12.1 Å². The third kappa shape index (κ3) is 3.52. The summed E-state index contributed by atoms with van der Waals surface area (Å²) in [6.07, 6.45) is 0. The minimum absolute atomic E-state index is 0.454. The van der Waals surface area contributed by atoms with Gasteiger partial charge in [-0.2, -0.15) is 0 Å². The Kier molecular flexibility index (Phi) is 4.68. The summed E-state index contributed by atoms with van der Waals surface area (Å²) in [7, 11) is 0. The highest BCUT2D eigenvalue weighted by molar-refractivity contribution is 9.10. The van der Waals surface area contributed by atoms with Crippen LogP contribution in [0.3, 0.4) is 0 Å². The van der Waals surface area contributed by atoms with E-state index in [2.05, 4.69) is 21.2 Å². The summed E-state index contributed by atoms with van der Waals surface area (Å²) < 4.78 is 0.779. The van der Waals surface area contributed by atoms with Gasteiger partial charge in [0.05, 0.1) is 5.02 Å². The Morgan fingerprint density at radius 1 is 1.30 bits per heavy atom. The molecule has 0 aliphatic heterocycles. The second-order valence-corrected chi connectivity index (χ2v) is 5.78. The third-order valence-corrected chi connectivity index (χ3v) is 4.12. The molecule has 104 valence electrons. The first kappa shape index (κ1) is 14.9. The molecule has 0 aromatic heterocycles. The van der Waals surface area contributed by atoms with Crippen molar-refractivity contribution in [2.24, 2.45) is 5.73 Å². The van der Waals surface area contributed by atoms with E-state index in [1.165, 1.54) is 0 Å². The van der Waals surface area contributed by atoms with Gasteiger partial charge in [-0.05, 0) is 58.2 Å². The fraction of sp³-hybridized carbons (Fsp3) is 0.133. The maximum atomic E-state index is 11.7. The summed E-state index contributed by atoms with van der Waals surface area (Å²) in [6.45, 7) is 1.99. The lowest BCUT2D eigenvalue weighted by Gasteiger charge is -2.18. The minimum Gasteiger partial charge on any atom is -0.370 e. The van der Waals surface area contributed by atoms with Gasteiger partial charge in [0.15, 0.2) is 0 Å². The number of carbonyl (C=O) groups excluding carboxylic acids is 1. The number of nitrogens with one attached hydrogen (secondary N) is 1. The van der Waals surface area contributed by atoms with Crippen molar-refractivity contribution >= 4 is 39.1 Å². The molecule has 0 spiro atoms. The lowest BCUT2D eigenvalue weighted by Crippen LogP contribution is -2.27. The number of hydrogen-bond donors (Lipinski definition) is 2. The summed E-state index contributed by atoms with van der Waals surface area (Å²) in [5.74, 6) is -0.454. The van der Waals surface area contributed by atoms with Crippen molar-refractivity contribution in [3.05, 3.63) is 63.1 Å². The maximum Gasteiger partial charge on any atom is 0.244 e. The van der Waals surface area contributed by atoms with Crippen LogP contribution < -0.4 is 11.1 Å². The van der Waals surface area contributed by atoms with Gasteiger partial charge in [0, 0.05) is 10.2 Å². The van der Waals surface area contributed by atoms with Crippen LogP contribution in [0.4, 0.5) is 5.69 Å². The second kappa shape index (κ2) is 6.29. The van der Waals surface area contributed by atoms with Gasteiger partial charge in [-0.15, -0.1) is 0 Å². The molecule has 0 fully saturated rings. The van der Waals surface area contributed by atoms with Crippen LogP contribution in [-0.4, -0.2) is 5.91 Å². The zero-order valence-corrected chi connectivity index (χ0v) is 13.2. The van der Waals surface area contributed by atoms with E-state index in [-0.39, 0.29) is 0 Å². The molecule has 0 bridgehead atoms. The summed E-state index contributed by atoms with van der Waals surface area (Å²) in [5.41, 5.74) is 8.16. The second-order valence-electron chi connectivity index (χ2n) is 4.52. The van der Waals surface area contributed by atoms with Crippen molar-refractivity contribution in [1.29, 1.82) is 0 Å². The van der Waals surface area contributed by atoms with Crippen molar-refractivity contribution in [3.63, 3.8) is 0 Å². The fourth-order valence-corrected chi connectivity index (χ4v) is 2.35. The number of hydrogen-bond acceptors (Lipinski definition) is 2. The molecule has 0 heterocycles. The van der Waals surface area contributed by atoms with Gasteiger partial charge in [0.2, 0.25) is 5.91 Å². The molecule has 1 unspecified atom stereocenters. The van der Waals surface area contributed by atoms with E-state index < -0.39 is 11.9 Å². The van der Waals surface area contributed by atoms with Crippen LogP contribution in [-0.2, 0) is 4.79 Å². The highest BCUT2D eigenvalue weighted by Gasteiger charge is 2.18. The van der Waals surface area contributed by atoms with Crippen molar-refractivity contribution in [1.82, 2.24) is 0 Å². The Labute approximate surface area is 131 Å². The number of anilines is 1. The van der Waals surface area contributed by atoms with Gasteiger partial charge >= 0.3 is 0 Å². The Bertz CT molecular complexity index is 646. The van der Waals surface area contributed by atoms with Gasteiger partial charge in [-0.1, -0.05) is 29.8 Å². The number of amides is 1. The molecule has 0 saturated carbocycles. The van der Waals surface area contributed by atoms with Crippen LogP contribution >= 0.6 is 27.5 Å². The molecule has 0 saturated heterocycles. The number of rotatable bonds is 4. The zero-order valence-electron chi connectivity index (χ0n) is 10.9. The first-order valence-corrected chi connectivity index (χ1v) is 7.22. The van der Waals surface area contributed by atoms with Crippen LogP contribution in [0.1, 0.15) is 17.2 Å². The number of carbonyl (C=O) groups is 1. The lowest BCUT2D eigenvalue weighted by atomic mass is 10.1. The van der Waals surface area contributed by atoms with Crippen LogP contribution in [0.25, 0.3) is 0 Å². The molecule has 0 radical (unpaired) electrons. The quantitative estimate of drug-likeness (QED) is 0.871. The largest absolute Gasteiger partial charge is 0.370 e. The molecule has 5 heteroatoms. The lowest BCUT2D eigenvalue weighted by molar-refractivity contribution is -0.118. The average molecular weight is 354 g/mol. The number of nitrogens with two attached hydrogens (primary N) is 1. The van der Waals surface area contributed by atoms with Crippen LogP contribution in [0.5, 0.6) is 0 Å². The van der Waals surface area contributed by atoms with E-state index in [9.17, 15) is 4.79 Å². The predicted molar refractivity (Wildman–Crippen MR) is 85.9 cm³/mol. The molecule has 2 aromatic carbocycles. The summed E-state index contributed by atoms with van der Waals surface area (Å²) in [5, 5.41) is 3.68. The molecule has 3 nitrogen and oxygen atoms in total. The van der Waals surface area contributed by atoms with E-state index in [1.807, 2.05) is 37.3 Å². The van der Waals surface area contributed by atoms with Gasteiger partial charge in [-0.25, -0.2) is 0 Å². The molecule has 3 N–H and O–H groups in total. The molecule has 1 amide bonds. The highest BCUT2D eigenvalue weighted by Crippen LogP contribution is 2.28. The normalized spacial score (nSPS) is 11.9. The van der Waals surface area contributed by atoms with Crippen LogP contribution in [0.15, 0.2) is 46.9 Å². The van der Waals surface area contributed by atoms with E-state index in [0.717, 1.165) is 21.3 Å². The van der Waals surface area contributed by atoms with Gasteiger partial charge in [0.25, 0.3) is 0 Å². The highest BCUT2D eigenvalue weighted by atomic mass is 79.9. The van der Waals surface area contributed by atoms with Crippen molar-refractivity contribution < 1.29 is 4.79 Å². The number of aryl methyl sites for hydroxylation is 1. The Balaban J connectivity index is 2.32. The summed E-state index contributed by atoms with van der Waals surface area (Å²) in [6, 6.07) is 12.5. The van der Waals surface area contributed by atoms with Gasteiger partial charge < -0.3 is 11.1 Å². The monoisotopic (exact) mass is 352 g/mol. The van der Waals surface area contributed by atoms with Gasteiger partial charge in [-0.3, -0.25) is 4.79 Å². The average Bonchev–Trinajstić information content (AvgIpc) is 2.39. The third-order valence-electron chi connectivity index (χ3n) is 2.89. The molecule has 0 aliphatic carbocycles. The van der Waals surface area contributed by atoms with E-state index >= 15 is 0 Å². The summed E-state index contributed by atoms with van der Waals surface area (Å²) >= 11 is 9.39. The van der Waals surface area contributed by atoms with Crippen molar-refractivity contribution in [2.75, 3.05) is 5.32 Å². The summed E-state index contributed by atoms with van der Waals surface area (Å²) in [4.78, 5) is 11.7. The number of benzene rings is 2. The van der Waals surface area contributed by atoms with Crippen molar-refractivity contribution in [3.8, 4) is 0 Å². The molecule has 1 atom stereocenters. The Morgan fingerprint density at radius 3 is 2.65 bits per heavy atom. The molecule has 2 aromatic rings. The topological polar surface area (TPSA) is 55.1 Å². The number of halogens is 2. The predicted octanol–water partition coefficient (Wildman–Crippen LogP) is 4.05. The van der Waals surface area contributed by atoms with Crippen LogP contribution in [0.2, 0.25) is 5.02 Å². The van der Waals surface area contributed by atoms with E-state index in [4.69, 9.17) is 17.3 Å². The molecular weight excluding hydrogens is 340 g/mol. The molecule has 20 heavy (non-hydrogen) atoms.